The molecule has 0 unspecified atom stereocenters. The van der Waals surface area contributed by atoms with E-state index in [4.69, 9.17) is 0 Å². The highest BCUT2D eigenvalue weighted by Crippen LogP contribution is 2.35. The van der Waals surface area contributed by atoms with Crippen LogP contribution in [0.5, 0.6) is 0 Å². The predicted octanol–water partition coefficient (Wildman–Crippen LogP) is 5.42. The molecular formula is C20H16F3N3S. The van der Waals surface area contributed by atoms with Gasteiger partial charge in [0.1, 0.15) is 5.01 Å². The first-order chi connectivity index (χ1) is 13.0. The molecule has 0 radical (unpaired) electrons. The number of alkyl halides is 3. The first kappa shape index (κ1) is 17.7. The third-order valence-electron chi connectivity index (χ3n) is 4.46. The Labute approximate surface area is 158 Å². The smallest absolute Gasteiger partial charge is 0.378 e. The fraction of sp³-hybridized carbons (Fsp3) is 0.200. The van der Waals surface area contributed by atoms with Crippen molar-refractivity contribution in [3.63, 3.8) is 0 Å². The molecule has 1 N–H and O–H groups in total. The number of aliphatic imine (C=N–C) groups is 1. The Kier molecular flexibility index (Phi) is 4.70. The number of anilines is 1. The summed E-state index contributed by atoms with van der Waals surface area (Å²) in [5, 5.41) is 6.26. The number of nitrogens with zero attached hydrogens (tertiary/aromatic N) is 2. The van der Waals surface area contributed by atoms with E-state index in [1.165, 1.54) is 17.7 Å². The molecule has 4 rings (SSSR count). The lowest BCUT2D eigenvalue weighted by molar-refractivity contribution is -0.137. The highest BCUT2D eigenvalue weighted by atomic mass is 32.1. The van der Waals surface area contributed by atoms with Crippen LogP contribution in [0, 0.1) is 0 Å². The maximum Gasteiger partial charge on any atom is 0.416 e. The predicted molar refractivity (Wildman–Crippen MR) is 102 cm³/mol. The van der Waals surface area contributed by atoms with Crippen molar-refractivity contribution in [2.75, 3.05) is 11.9 Å². The summed E-state index contributed by atoms with van der Waals surface area (Å²) < 4.78 is 38.6. The third-order valence-corrected chi connectivity index (χ3v) is 5.24. The van der Waals surface area contributed by atoms with Crippen LogP contribution >= 0.6 is 11.3 Å². The van der Waals surface area contributed by atoms with Crippen molar-refractivity contribution in [1.29, 1.82) is 0 Å². The van der Waals surface area contributed by atoms with Gasteiger partial charge in [0.2, 0.25) is 0 Å². The van der Waals surface area contributed by atoms with Crippen LogP contribution in [0.2, 0.25) is 0 Å². The van der Waals surface area contributed by atoms with Crippen molar-refractivity contribution in [1.82, 2.24) is 4.98 Å². The molecule has 0 bridgehead atoms. The minimum Gasteiger partial charge on any atom is -0.378 e. The van der Waals surface area contributed by atoms with Gasteiger partial charge in [-0.2, -0.15) is 13.2 Å². The lowest BCUT2D eigenvalue weighted by Gasteiger charge is -2.18. The molecule has 1 aliphatic rings. The van der Waals surface area contributed by atoms with Crippen molar-refractivity contribution in [3.8, 4) is 11.1 Å². The van der Waals surface area contributed by atoms with E-state index < -0.39 is 11.7 Å². The zero-order valence-corrected chi connectivity index (χ0v) is 15.1. The van der Waals surface area contributed by atoms with E-state index in [2.05, 4.69) is 21.4 Å². The molecule has 0 amide bonds. The van der Waals surface area contributed by atoms with E-state index in [9.17, 15) is 13.2 Å². The highest BCUT2D eigenvalue weighted by Gasteiger charge is 2.30. The largest absolute Gasteiger partial charge is 0.416 e. The van der Waals surface area contributed by atoms with Gasteiger partial charge >= 0.3 is 6.18 Å². The number of halogens is 3. The minimum absolute atomic E-state index is 0.568. The number of thiazole rings is 1. The maximum absolute atomic E-state index is 12.9. The summed E-state index contributed by atoms with van der Waals surface area (Å²) in [5.74, 6) is 0. The van der Waals surface area contributed by atoms with Crippen LogP contribution in [0.4, 0.5) is 18.9 Å². The third kappa shape index (κ3) is 3.88. The Hall–Kier alpha value is -2.67. The molecule has 7 heteroatoms. The Morgan fingerprint density at radius 2 is 1.93 bits per heavy atom. The second kappa shape index (κ2) is 7.15. The SMILES string of the molecule is FC(F)(F)c1ccc(-c2cc3c(cc2NCc2nccs2)CCN=C3)cc1. The van der Waals surface area contributed by atoms with E-state index >= 15 is 0 Å². The van der Waals surface area contributed by atoms with E-state index in [1.54, 1.807) is 17.5 Å². The number of fused-ring (bicyclic) bond motifs is 1. The summed E-state index contributed by atoms with van der Waals surface area (Å²) in [5.41, 5.74) is 4.01. The Balaban J connectivity index is 1.72. The summed E-state index contributed by atoms with van der Waals surface area (Å²) in [6, 6.07) is 9.32. The molecule has 0 aliphatic carbocycles. The zero-order valence-electron chi connectivity index (χ0n) is 14.3. The zero-order chi connectivity index (χ0) is 18.9. The molecule has 0 fully saturated rings. The van der Waals surface area contributed by atoms with Gasteiger partial charge < -0.3 is 5.32 Å². The molecule has 0 saturated heterocycles. The molecule has 27 heavy (non-hydrogen) atoms. The van der Waals surface area contributed by atoms with Gasteiger partial charge in [-0.1, -0.05) is 12.1 Å². The summed E-state index contributed by atoms with van der Waals surface area (Å²) in [4.78, 5) is 8.58. The number of benzene rings is 2. The van der Waals surface area contributed by atoms with Gasteiger partial charge in [0.15, 0.2) is 0 Å². The number of hydrogen-bond donors (Lipinski definition) is 1. The van der Waals surface area contributed by atoms with Gasteiger partial charge in [0, 0.05) is 35.6 Å². The summed E-state index contributed by atoms with van der Waals surface area (Å²) >= 11 is 1.56. The normalized spacial score (nSPS) is 13.4. The van der Waals surface area contributed by atoms with Gasteiger partial charge in [-0.05, 0) is 47.4 Å². The highest BCUT2D eigenvalue weighted by molar-refractivity contribution is 7.09. The molecule has 1 aliphatic heterocycles. The molecule has 0 atom stereocenters. The Bertz CT molecular complexity index is 961. The lowest BCUT2D eigenvalue weighted by atomic mass is 9.94. The van der Waals surface area contributed by atoms with Crippen LogP contribution in [-0.2, 0) is 19.1 Å². The van der Waals surface area contributed by atoms with Crippen LogP contribution in [0.25, 0.3) is 11.1 Å². The molecule has 2 aromatic carbocycles. The summed E-state index contributed by atoms with van der Waals surface area (Å²) in [6.45, 7) is 1.32. The Morgan fingerprint density at radius 3 is 2.63 bits per heavy atom. The van der Waals surface area contributed by atoms with Gasteiger partial charge in [0.25, 0.3) is 0 Å². The molecule has 138 valence electrons. The first-order valence-corrected chi connectivity index (χ1v) is 9.35. The van der Waals surface area contributed by atoms with Crippen LogP contribution in [-0.4, -0.2) is 17.7 Å². The van der Waals surface area contributed by atoms with Crippen LogP contribution in [0.3, 0.4) is 0 Å². The van der Waals surface area contributed by atoms with Crippen molar-refractivity contribution in [3.05, 3.63) is 69.7 Å². The average Bonchev–Trinajstić information content (AvgIpc) is 3.18. The van der Waals surface area contributed by atoms with E-state index in [0.717, 1.165) is 52.5 Å². The van der Waals surface area contributed by atoms with Crippen molar-refractivity contribution >= 4 is 23.2 Å². The standard InChI is InChI=1S/C20H16F3N3S/c21-20(22,23)16-3-1-13(2-4-16)17-9-15-11-24-6-5-14(15)10-18(17)26-12-19-25-7-8-27-19/h1-4,7-11,26H,5-6,12H2. The average molecular weight is 387 g/mol. The monoisotopic (exact) mass is 387 g/mol. The molecule has 0 saturated carbocycles. The molecule has 3 nitrogen and oxygen atoms in total. The molecular weight excluding hydrogens is 371 g/mol. The van der Waals surface area contributed by atoms with E-state index in [1.807, 2.05) is 17.7 Å². The molecule has 2 heterocycles. The second-order valence-electron chi connectivity index (χ2n) is 6.24. The van der Waals surface area contributed by atoms with Crippen molar-refractivity contribution in [2.24, 2.45) is 4.99 Å². The first-order valence-electron chi connectivity index (χ1n) is 8.47. The van der Waals surface area contributed by atoms with Crippen molar-refractivity contribution in [2.45, 2.75) is 19.1 Å². The fourth-order valence-electron chi connectivity index (χ4n) is 3.08. The minimum atomic E-state index is -4.34. The van der Waals surface area contributed by atoms with E-state index in [0.29, 0.717) is 6.54 Å². The van der Waals surface area contributed by atoms with Gasteiger partial charge in [0.05, 0.1) is 12.1 Å². The van der Waals surface area contributed by atoms with Gasteiger partial charge in [-0.3, -0.25) is 4.99 Å². The van der Waals surface area contributed by atoms with Gasteiger partial charge in [-0.15, -0.1) is 11.3 Å². The number of aromatic nitrogens is 1. The maximum atomic E-state index is 12.9. The van der Waals surface area contributed by atoms with Gasteiger partial charge in [-0.25, -0.2) is 4.98 Å². The number of nitrogens with one attached hydrogen (secondary N) is 1. The molecule has 0 spiro atoms. The van der Waals surface area contributed by atoms with Crippen LogP contribution in [0.1, 0.15) is 21.7 Å². The molecule has 1 aromatic heterocycles. The van der Waals surface area contributed by atoms with Crippen LogP contribution < -0.4 is 5.32 Å². The second-order valence-corrected chi connectivity index (χ2v) is 7.22. The lowest BCUT2D eigenvalue weighted by Crippen LogP contribution is -2.07. The topological polar surface area (TPSA) is 37.3 Å². The quantitative estimate of drug-likeness (QED) is 0.649. The summed E-state index contributed by atoms with van der Waals surface area (Å²) in [7, 11) is 0. The van der Waals surface area contributed by atoms with Crippen molar-refractivity contribution < 1.29 is 13.2 Å². The number of hydrogen-bond acceptors (Lipinski definition) is 4. The van der Waals surface area contributed by atoms with E-state index in [-0.39, 0.29) is 0 Å². The summed E-state index contributed by atoms with van der Waals surface area (Å²) in [6.07, 6.45) is 0.0941. The fourth-order valence-corrected chi connectivity index (χ4v) is 3.64. The molecule has 3 aromatic rings. The Morgan fingerprint density at radius 1 is 1.11 bits per heavy atom. The van der Waals surface area contributed by atoms with Crippen LogP contribution in [0.15, 0.2) is 53.0 Å². The number of rotatable bonds is 4.